The van der Waals surface area contributed by atoms with Gasteiger partial charge in [-0.1, -0.05) is 20.4 Å². The Kier molecular flexibility index (Phi) is 3.01. The van der Waals surface area contributed by atoms with Crippen molar-refractivity contribution in [3.05, 3.63) is 30.0 Å². The molecule has 1 aromatic carbocycles. The maximum Gasteiger partial charge on any atom is 0.146 e. The zero-order chi connectivity index (χ0) is 13.5. The highest BCUT2D eigenvalue weighted by atomic mass is 16.5. The van der Waals surface area contributed by atoms with Gasteiger partial charge in [0.2, 0.25) is 0 Å². The van der Waals surface area contributed by atoms with Crippen LogP contribution in [0.4, 0.5) is 5.69 Å². The molecule has 0 unspecified atom stereocenters. The first-order valence-corrected chi connectivity index (χ1v) is 6.20. The standard InChI is InChI=1S/C15H21NO2/c1-7-16-10(2)15(3,4)12-8-11(17-5)9-13(18-6)14(12)16/h8-9H,2,7H2,1,3-6H3. The molecule has 0 bridgehead atoms. The van der Waals surface area contributed by atoms with E-state index in [4.69, 9.17) is 9.47 Å². The SMILES string of the molecule is C=C1N(CC)c2c(OC)cc(OC)cc2C1(C)C. The van der Waals surface area contributed by atoms with E-state index in [1.54, 1.807) is 14.2 Å². The third-order valence-electron chi connectivity index (χ3n) is 3.81. The zero-order valence-electron chi connectivity index (χ0n) is 11.8. The van der Waals surface area contributed by atoms with E-state index >= 15 is 0 Å². The van der Waals surface area contributed by atoms with Crippen molar-refractivity contribution >= 4 is 5.69 Å². The van der Waals surface area contributed by atoms with E-state index in [1.165, 1.54) is 5.56 Å². The molecule has 2 rings (SSSR count). The third kappa shape index (κ3) is 1.57. The maximum atomic E-state index is 5.51. The van der Waals surface area contributed by atoms with E-state index in [1.807, 2.05) is 6.07 Å². The predicted octanol–water partition coefficient (Wildman–Crippen LogP) is 3.34. The van der Waals surface area contributed by atoms with Crippen LogP contribution in [0.15, 0.2) is 24.4 Å². The molecule has 3 heteroatoms. The molecule has 1 heterocycles. The summed E-state index contributed by atoms with van der Waals surface area (Å²) in [5, 5.41) is 0. The van der Waals surface area contributed by atoms with Gasteiger partial charge < -0.3 is 14.4 Å². The number of likely N-dealkylation sites (N-methyl/N-ethyl adjacent to an activating group) is 1. The molecule has 0 spiro atoms. The van der Waals surface area contributed by atoms with Crippen molar-refractivity contribution in [3.63, 3.8) is 0 Å². The fourth-order valence-corrected chi connectivity index (χ4v) is 2.59. The van der Waals surface area contributed by atoms with Crippen molar-refractivity contribution in [2.24, 2.45) is 0 Å². The molecule has 98 valence electrons. The number of hydrogen-bond acceptors (Lipinski definition) is 3. The van der Waals surface area contributed by atoms with E-state index in [-0.39, 0.29) is 5.41 Å². The summed E-state index contributed by atoms with van der Waals surface area (Å²) in [6, 6.07) is 4.01. The molecule has 0 radical (unpaired) electrons. The van der Waals surface area contributed by atoms with Gasteiger partial charge in [0, 0.05) is 23.7 Å². The van der Waals surface area contributed by atoms with Crippen molar-refractivity contribution < 1.29 is 9.47 Å². The number of allylic oxidation sites excluding steroid dienone is 1. The van der Waals surface area contributed by atoms with Crippen molar-refractivity contribution in [1.82, 2.24) is 0 Å². The van der Waals surface area contributed by atoms with Crippen molar-refractivity contribution in [1.29, 1.82) is 0 Å². The number of ether oxygens (including phenoxy) is 2. The smallest absolute Gasteiger partial charge is 0.146 e. The van der Waals surface area contributed by atoms with Gasteiger partial charge in [-0.05, 0) is 18.6 Å². The van der Waals surface area contributed by atoms with Crippen LogP contribution in [0, 0.1) is 0 Å². The number of anilines is 1. The Labute approximate surface area is 109 Å². The molecule has 0 N–H and O–H groups in total. The molecular formula is C15H21NO2. The first kappa shape index (κ1) is 12.8. The van der Waals surface area contributed by atoms with Gasteiger partial charge in [0.25, 0.3) is 0 Å². The van der Waals surface area contributed by atoms with Gasteiger partial charge in [0.1, 0.15) is 11.5 Å². The number of hydrogen-bond donors (Lipinski definition) is 0. The molecule has 0 saturated heterocycles. The van der Waals surface area contributed by atoms with Crippen molar-refractivity contribution in [3.8, 4) is 11.5 Å². The Hall–Kier alpha value is -1.64. The molecule has 0 saturated carbocycles. The summed E-state index contributed by atoms with van der Waals surface area (Å²) in [6.45, 7) is 11.6. The predicted molar refractivity (Wildman–Crippen MR) is 74.7 cm³/mol. The normalized spacial score (nSPS) is 16.7. The molecule has 0 fully saturated rings. The van der Waals surface area contributed by atoms with Gasteiger partial charge in [-0.15, -0.1) is 0 Å². The molecule has 0 atom stereocenters. The van der Waals surface area contributed by atoms with Gasteiger partial charge in [-0.2, -0.15) is 0 Å². The van der Waals surface area contributed by atoms with Gasteiger partial charge >= 0.3 is 0 Å². The van der Waals surface area contributed by atoms with E-state index < -0.39 is 0 Å². The Bertz CT molecular complexity index is 492. The lowest BCUT2D eigenvalue weighted by atomic mass is 9.84. The minimum absolute atomic E-state index is 0.0901. The highest BCUT2D eigenvalue weighted by Gasteiger charge is 2.40. The summed E-state index contributed by atoms with van der Waals surface area (Å²) in [7, 11) is 3.37. The number of benzene rings is 1. The monoisotopic (exact) mass is 247 g/mol. The topological polar surface area (TPSA) is 21.7 Å². The molecule has 0 aliphatic carbocycles. The number of methoxy groups -OCH3 is 2. The summed E-state index contributed by atoms with van der Waals surface area (Å²) >= 11 is 0. The van der Waals surface area contributed by atoms with Gasteiger partial charge in [0.15, 0.2) is 0 Å². The minimum Gasteiger partial charge on any atom is -0.497 e. The second kappa shape index (κ2) is 4.23. The van der Waals surface area contributed by atoms with Crippen LogP contribution in [0.1, 0.15) is 26.3 Å². The summed E-state index contributed by atoms with van der Waals surface area (Å²) in [5.74, 6) is 1.67. The summed E-state index contributed by atoms with van der Waals surface area (Å²) in [4.78, 5) is 2.22. The average Bonchev–Trinajstić information content (AvgIpc) is 2.57. The van der Waals surface area contributed by atoms with E-state index in [0.29, 0.717) is 0 Å². The first-order valence-electron chi connectivity index (χ1n) is 6.20. The highest BCUT2D eigenvalue weighted by molar-refractivity contribution is 5.77. The maximum absolute atomic E-state index is 5.51. The lowest BCUT2D eigenvalue weighted by Crippen LogP contribution is -2.24. The summed E-state index contributed by atoms with van der Waals surface area (Å²) < 4.78 is 10.9. The van der Waals surface area contributed by atoms with Crippen LogP contribution < -0.4 is 14.4 Å². The molecule has 3 nitrogen and oxygen atoms in total. The van der Waals surface area contributed by atoms with E-state index in [2.05, 4.69) is 38.3 Å². The summed E-state index contributed by atoms with van der Waals surface area (Å²) in [6.07, 6.45) is 0. The molecule has 0 aromatic heterocycles. The molecular weight excluding hydrogens is 226 g/mol. The molecule has 1 aliphatic heterocycles. The quantitative estimate of drug-likeness (QED) is 0.817. The van der Waals surface area contributed by atoms with Gasteiger partial charge in [-0.25, -0.2) is 0 Å². The van der Waals surface area contributed by atoms with Crippen LogP contribution >= 0.6 is 0 Å². The Balaban J connectivity index is 2.72. The second-order valence-corrected chi connectivity index (χ2v) is 5.04. The Morgan fingerprint density at radius 3 is 2.39 bits per heavy atom. The Morgan fingerprint density at radius 2 is 1.89 bits per heavy atom. The number of rotatable bonds is 3. The van der Waals surface area contributed by atoms with Gasteiger partial charge in [0.05, 0.1) is 19.9 Å². The van der Waals surface area contributed by atoms with Crippen LogP contribution in [-0.4, -0.2) is 20.8 Å². The fraction of sp³-hybridized carbons (Fsp3) is 0.467. The Morgan fingerprint density at radius 1 is 1.22 bits per heavy atom. The van der Waals surface area contributed by atoms with Crippen LogP contribution in [-0.2, 0) is 5.41 Å². The van der Waals surface area contributed by atoms with Crippen LogP contribution in [0.3, 0.4) is 0 Å². The molecule has 0 amide bonds. The largest absolute Gasteiger partial charge is 0.497 e. The van der Waals surface area contributed by atoms with Crippen molar-refractivity contribution in [2.45, 2.75) is 26.2 Å². The molecule has 1 aromatic rings. The van der Waals surface area contributed by atoms with E-state index in [0.717, 1.165) is 29.4 Å². The molecule has 18 heavy (non-hydrogen) atoms. The zero-order valence-corrected chi connectivity index (χ0v) is 11.8. The van der Waals surface area contributed by atoms with Crippen molar-refractivity contribution in [2.75, 3.05) is 25.7 Å². The van der Waals surface area contributed by atoms with Crippen LogP contribution in [0.2, 0.25) is 0 Å². The molecule has 1 aliphatic rings. The minimum atomic E-state index is -0.0901. The van der Waals surface area contributed by atoms with Crippen LogP contribution in [0.5, 0.6) is 11.5 Å². The lowest BCUT2D eigenvalue weighted by molar-refractivity contribution is 0.394. The number of fused-ring (bicyclic) bond motifs is 1. The van der Waals surface area contributed by atoms with Crippen LogP contribution in [0.25, 0.3) is 0 Å². The average molecular weight is 247 g/mol. The first-order chi connectivity index (χ1) is 8.47. The second-order valence-electron chi connectivity index (χ2n) is 5.04. The summed E-state index contributed by atoms with van der Waals surface area (Å²) in [5.41, 5.74) is 3.35. The fourth-order valence-electron chi connectivity index (χ4n) is 2.59. The van der Waals surface area contributed by atoms with Gasteiger partial charge in [-0.3, -0.25) is 0 Å². The number of nitrogens with zero attached hydrogens (tertiary/aromatic N) is 1. The van der Waals surface area contributed by atoms with E-state index in [9.17, 15) is 0 Å². The highest BCUT2D eigenvalue weighted by Crippen LogP contribution is 2.52. The third-order valence-corrected chi connectivity index (χ3v) is 3.81. The lowest BCUT2D eigenvalue weighted by Gasteiger charge is -2.24.